The minimum absolute atomic E-state index is 0.141. The molecule has 0 unspecified atom stereocenters. The molecule has 0 heterocycles. The Morgan fingerprint density at radius 1 is 0.939 bits per heavy atom. The van der Waals surface area contributed by atoms with Crippen molar-refractivity contribution < 1.29 is 17.9 Å². The Balaban J connectivity index is 1.53. The van der Waals surface area contributed by atoms with Gasteiger partial charge in [-0.25, -0.2) is 13.1 Å². The van der Waals surface area contributed by atoms with E-state index in [0.29, 0.717) is 17.9 Å². The number of carbonyl (C=O) groups excluding carboxylic acids is 1. The van der Waals surface area contributed by atoms with Gasteiger partial charge in [-0.1, -0.05) is 60.7 Å². The number of hydrogen-bond donors (Lipinski definition) is 2. The molecule has 3 rings (SSSR count). The fraction of sp³-hybridized carbons (Fsp3) is 0.115. The number of sulfonamides is 1. The largest absolute Gasteiger partial charge is 0.489 e. The van der Waals surface area contributed by atoms with Crippen molar-refractivity contribution in [2.75, 3.05) is 11.9 Å². The first-order valence-corrected chi connectivity index (χ1v) is 12.0. The zero-order valence-electron chi connectivity index (χ0n) is 18.1. The van der Waals surface area contributed by atoms with Crippen LogP contribution in [0, 0.1) is 0 Å². The first kappa shape index (κ1) is 24.0. The third-order valence-electron chi connectivity index (χ3n) is 4.56. The van der Waals surface area contributed by atoms with Gasteiger partial charge in [0.2, 0.25) is 15.9 Å². The number of anilines is 1. The normalized spacial score (nSPS) is 11.3. The zero-order valence-corrected chi connectivity index (χ0v) is 18.9. The molecule has 33 heavy (non-hydrogen) atoms. The van der Waals surface area contributed by atoms with E-state index in [4.69, 9.17) is 4.74 Å². The van der Waals surface area contributed by atoms with Crippen LogP contribution in [0.15, 0.2) is 97.6 Å². The van der Waals surface area contributed by atoms with Gasteiger partial charge >= 0.3 is 0 Å². The Kier molecular flexibility index (Phi) is 8.57. The second kappa shape index (κ2) is 11.8. The van der Waals surface area contributed by atoms with E-state index in [0.717, 1.165) is 16.9 Å². The molecule has 0 spiro atoms. The maximum Gasteiger partial charge on any atom is 0.248 e. The molecular formula is C26H26N2O4S. The van der Waals surface area contributed by atoms with Crippen molar-refractivity contribution in [3.8, 4) is 5.75 Å². The highest BCUT2D eigenvalue weighted by Crippen LogP contribution is 2.17. The summed E-state index contributed by atoms with van der Waals surface area (Å²) < 4.78 is 32.1. The molecule has 0 aliphatic heterocycles. The number of amides is 1. The van der Waals surface area contributed by atoms with Crippen LogP contribution < -0.4 is 14.8 Å². The molecule has 170 valence electrons. The Morgan fingerprint density at radius 2 is 1.70 bits per heavy atom. The van der Waals surface area contributed by atoms with Gasteiger partial charge in [-0.2, -0.15) is 0 Å². The van der Waals surface area contributed by atoms with Gasteiger partial charge in [-0.3, -0.25) is 4.79 Å². The molecular weight excluding hydrogens is 436 g/mol. The second-order valence-electron chi connectivity index (χ2n) is 7.26. The molecule has 0 saturated carbocycles. The van der Waals surface area contributed by atoms with Crippen molar-refractivity contribution >= 4 is 27.7 Å². The van der Waals surface area contributed by atoms with Crippen LogP contribution in [0.3, 0.4) is 0 Å². The quantitative estimate of drug-likeness (QED) is 0.324. The number of benzene rings is 3. The van der Waals surface area contributed by atoms with Crippen LogP contribution in [-0.4, -0.2) is 20.9 Å². The summed E-state index contributed by atoms with van der Waals surface area (Å²) in [6, 6.07) is 24.0. The van der Waals surface area contributed by atoms with Crippen molar-refractivity contribution in [3.63, 3.8) is 0 Å². The summed E-state index contributed by atoms with van der Waals surface area (Å²) in [5.41, 5.74) is 3.11. The standard InChI is InChI=1S/C26H26N2O4S/c1-2-17-27-33(30,31)20-23-11-14-24(15-12-23)28-26(29)16-13-21-9-6-10-25(18-21)32-19-22-7-4-3-5-8-22/h2-16,18,27H,1,17,19-20H2,(H,28,29)/b16-13+. The van der Waals surface area contributed by atoms with Crippen LogP contribution >= 0.6 is 0 Å². The van der Waals surface area contributed by atoms with Gasteiger partial charge in [0.15, 0.2) is 0 Å². The van der Waals surface area contributed by atoms with Crippen LogP contribution in [-0.2, 0) is 27.2 Å². The molecule has 0 fully saturated rings. The van der Waals surface area contributed by atoms with Crippen molar-refractivity contribution in [2.45, 2.75) is 12.4 Å². The molecule has 2 N–H and O–H groups in total. The minimum atomic E-state index is -3.43. The van der Waals surface area contributed by atoms with E-state index < -0.39 is 10.0 Å². The van der Waals surface area contributed by atoms with Crippen LogP contribution in [0.2, 0.25) is 0 Å². The van der Waals surface area contributed by atoms with E-state index in [1.807, 2.05) is 54.6 Å². The van der Waals surface area contributed by atoms with Gasteiger partial charge in [-0.05, 0) is 47.0 Å². The summed E-state index contributed by atoms with van der Waals surface area (Å²) in [6.07, 6.45) is 4.63. The Morgan fingerprint density at radius 3 is 2.42 bits per heavy atom. The van der Waals surface area contributed by atoms with Gasteiger partial charge in [0.1, 0.15) is 12.4 Å². The predicted octanol–water partition coefficient (Wildman–Crippen LogP) is 4.52. The van der Waals surface area contributed by atoms with Crippen LogP contribution in [0.25, 0.3) is 6.08 Å². The number of rotatable bonds is 11. The highest BCUT2D eigenvalue weighted by atomic mass is 32.2. The highest BCUT2D eigenvalue weighted by Gasteiger charge is 2.10. The summed E-state index contributed by atoms with van der Waals surface area (Å²) >= 11 is 0. The molecule has 6 nitrogen and oxygen atoms in total. The van der Waals surface area contributed by atoms with E-state index in [1.54, 1.807) is 30.3 Å². The van der Waals surface area contributed by atoms with Crippen molar-refractivity contribution in [2.24, 2.45) is 0 Å². The topological polar surface area (TPSA) is 84.5 Å². The molecule has 0 bridgehead atoms. The fourth-order valence-corrected chi connectivity index (χ4v) is 4.05. The van der Waals surface area contributed by atoms with E-state index in [9.17, 15) is 13.2 Å². The fourth-order valence-electron chi connectivity index (χ4n) is 2.95. The molecule has 0 atom stereocenters. The molecule has 0 saturated heterocycles. The molecule has 3 aromatic rings. The summed E-state index contributed by atoms with van der Waals surface area (Å²) in [5, 5.41) is 2.76. The van der Waals surface area contributed by atoms with Crippen LogP contribution in [0.5, 0.6) is 5.75 Å². The Bertz CT molecular complexity index is 1200. The zero-order chi connectivity index (χ0) is 23.5. The lowest BCUT2D eigenvalue weighted by atomic mass is 10.2. The summed E-state index contributed by atoms with van der Waals surface area (Å²) in [5.74, 6) is 0.283. The van der Waals surface area contributed by atoms with Crippen molar-refractivity contribution in [3.05, 3.63) is 114 Å². The lowest BCUT2D eigenvalue weighted by Gasteiger charge is -2.07. The van der Waals surface area contributed by atoms with Crippen molar-refractivity contribution in [1.82, 2.24) is 4.72 Å². The molecule has 3 aromatic carbocycles. The maximum absolute atomic E-state index is 12.3. The summed E-state index contributed by atoms with van der Waals surface area (Å²) in [6.45, 7) is 4.14. The molecule has 0 aromatic heterocycles. The number of nitrogens with one attached hydrogen (secondary N) is 2. The molecule has 1 amide bonds. The number of ether oxygens (including phenoxy) is 1. The smallest absolute Gasteiger partial charge is 0.248 e. The first-order chi connectivity index (χ1) is 15.9. The van der Waals surface area contributed by atoms with Gasteiger partial charge < -0.3 is 10.1 Å². The van der Waals surface area contributed by atoms with E-state index in [1.165, 1.54) is 12.2 Å². The van der Waals surface area contributed by atoms with Crippen LogP contribution in [0.4, 0.5) is 5.69 Å². The third-order valence-corrected chi connectivity index (χ3v) is 5.88. The summed E-state index contributed by atoms with van der Waals surface area (Å²) in [7, 11) is -3.43. The average Bonchev–Trinajstić information content (AvgIpc) is 2.82. The van der Waals surface area contributed by atoms with E-state index >= 15 is 0 Å². The van der Waals surface area contributed by atoms with Crippen molar-refractivity contribution in [1.29, 1.82) is 0 Å². The Labute approximate surface area is 194 Å². The molecule has 0 radical (unpaired) electrons. The first-order valence-electron chi connectivity index (χ1n) is 10.4. The van der Waals surface area contributed by atoms with Gasteiger partial charge in [0.25, 0.3) is 0 Å². The van der Waals surface area contributed by atoms with Gasteiger partial charge in [0, 0.05) is 18.3 Å². The average molecular weight is 463 g/mol. The molecule has 7 heteroatoms. The third kappa shape index (κ3) is 8.40. The monoisotopic (exact) mass is 462 g/mol. The number of hydrogen-bond acceptors (Lipinski definition) is 4. The van der Waals surface area contributed by atoms with Crippen LogP contribution in [0.1, 0.15) is 16.7 Å². The lowest BCUT2D eigenvalue weighted by molar-refractivity contribution is -0.111. The molecule has 0 aliphatic rings. The Hall–Kier alpha value is -3.68. The number of carbonyl (C=O) groups is 1. The lowest BCUT2D eigenvalue weighted by Crippen LogP contribution is -2.25. The highest BCUT2D eigenvalue weighted by molar-refractivity contribution is 7.88. The SMILES string of the molecule is C=CCNS(=O)(=O)Cc1ccc(NC(=O)/C=C/c2cccc(OCc3ccccc3)c2)cc1. The summed E-state index contributed by atoms with van der Waals surface area (Å²) in [4.78, 5) is 12.3. The predicted molar refractivity (Wildman–Crippen MR) is 132 cm³/mol. The van der Waals surface area contributed by atoms with Gasteiger partial charge in [0.05, 0.1) is 5.75 Å². The molecule has 0 aliphatic carbocycles. The second-order valence-corrected chi connectivity index (χ2v) is 9.07. The van der Waals surface area contributed by atoms with Gasteiger partial charge in [-0.15, -0.1) is 6.58 Å². The minimum Gasteiger partial charge on any atom is -0.489 e. The van der Waals surface area contributed by atoms with E-state index in [2.05, 4.69) is 16.6 Å². The van der Waals surface area contributed by atoms with E-state index in [-0.39, 0.29) is 18.2 Å². The maximum atomic E-state index is 12.3.